The number of fused-ring (bicyclic) bond motifs is 1. The van der Waals surface area contributed by atoms with Crippen LogP contribution in [0.5, 0.6) is 0 Å². The standard InChI is InChI=1S/C17H15BrN2OS2/c1-22-9-10-23-17-19-15-8-7-12(18)11-14(15)16(21)20(17)13-5-3-2-4-6-13/h2-8,11H,9-10H2,1H3. The number of para-hydroxylation sites is 1. The second-order valence-corrected chi connectivity index (χ2v) is 7.84. The lowest BCUT2D eigenvalue weighted by molar-refractivity contribution is 0.820. The number of aromatic nitrogens is 2. The molecular formula is C17H15BrN2OS2. The zero-order chi connectivity index (χ0) is 16.2. The molecule has 0 aliphatic rings. The van der Waals surface area contributed by atoms with Gasteiger partial charge in [-0.05, 0) is 36.6 Å². The van der Waals surface area contributed by atoms with Crippen molar-refractivity contribution in [3.63, 3.8) is 0 Å². The minimum atomic E-state index is -0.0332. The molecule has 3 aromatic rings. The van der Waals surface area contributed by atoms with Crippen molar-refractivity contribution in [2.45, 2.75) is 5.16 Å². The first-order chi connectivity index (χ1) is 11.2. The first-order valence-electron chi connectivity index (χ1n) is 7.10. The molecule has 0 N–H and O–H groups in total. The average Bonchev–Trinajstić information content (AvgIpc) is 2.57. The first kappa shape index (κ1) is 16.6. The van der Waals surface area contributed by atoms with E-state index >= 15 is 0 Å². The molecule has 0 atom stereocenters. The summed E-state index contributed by atoms with van der Waals surface area (Å²) in [6.07, 6.45) is 2.08. The zero-order valence-electron chi connectivity index (χ0n) is 12.5. The summed E-state index contributed by atoms with van der Waals surface area (Å²) in [7, 11) is 0. The maximum absolute atomic E-state index is 13.0. The molecule has 0 radical (unpaired) electrons. The third-order valence-electron chi connectivity index (χ3n) is 3.33. The molecule has 1 aromatic heterocycles. The molecule has 0 aliphatic carbocycles. The van der Waals surface area contributed by atoms with Gasteiger partial charge in [0, 0.05) is 16.0 Å². The quantitative estimate of drug-likeness (QED) is 0.352. The Hall–Kier alpha value is -1.24. The Morgan fingerprint density at radius 3 is 2.65 bits per heavy atom. The summed E-state index contributed by atoms with van der Waals surface area (Å²) >= 11 is 6.84. The highest BCUT2D eigenvalue weighted by molar-refractivity contribution is 9.10. The minimum absolute atomic E-state index is 0.0332. The van der Waals surface area contributed by atoms with Crippen LogP contribution in [0.1, 0.15) is 0 Å². The van der Waals surface area contributed by atoms with Crippen molar-refractivity contribution >= 4 is 50.4 Å². The van der Waals surface area contributed by atoms with Gasteiger partial charge in [0.25, 0.3) is 5.56 Å². The van der Waals surface area contributed by atoms with Gasteiger partial charge in [-0.25, -0.2) is 4.98 Å². The van der Waals surface area contributed by atoms with Crippen LogP contribution in [0, 0.1) is 0 Å². The maximum atomic E-state index is 13.0. The number of rotatable bonds is 5. The van der Waals surface area contributed by atoms with Crippen LogP contribution >= 0.6 is 39.5 Å². The van der Waals surface area contributed by atoms with Crippen LogP contribution in [0.3, 0.4) is 0 Å². The molecule has 0 fully saturated rings. The van der Waals surface area contributed by atoms with Gasteiger partial charge in [0.2, 0.25) is 0 Å². The summed E-state index contributed by atoms with van der Waals surface area (Å²) in [5.74, 6) is 1.94. The molecule has 0 saturated carbocycles. The smallest absolute Gasteiger partial charge is 0.266 e. The van der Waals surface area contributed by atoms with E-state index in [4.69, 9.17) is 4.98 Å². The highest BCUT2D eigenvalue weighted by Gasteiger charge is 2.13. The predicted molar refractivity (Wildman–Crippen MR) is 104 cm³/mol. The Morgan fingerprint density at radius 2 is 1.91 bits per heavy atom. The van der Waals surface area contributed by atoms with Gasteiger partial charge in [0.15, 0.2) is 5.16 Å². The van der Waals surface area contributed by atoms with E-state index in [1.807, 2.05) is 48.5 Å². The van der Waals surface area contributed by atoms with E-state index in [0.29, 0.717) is 5.39 Å². The second-order valence-electron chi connectivity index (χ2n) is 4.87. The van der Waals surface area contributed by atoms with E-state index < -0.39 is 0 Å². The third-order valence-corrected chi connectivity index (χ3v) is 5.64. The van der Waals surface area contributed by atoms with Crippen molar-refractivity contribution in [2.24, 2.45) is 0 Å². The molecule has 0 spiro atoms. The molecular weight excluding hydrogens is 392 g/mol. The molecule has 6 heteroatoms. The Labute approximate surface area is 151 Å². The van der Waals surface area contributed by atoms with Crippen LogP contribution in [-0.4, -0.2) is 27.3 Å². The van der Waals surface area contributed by atoms with Gasteiger partial charge < -0.3 is 0 Å². The Kier molecular flexibility index (Phi) is 5.46. The Balaban J connectivity index is 2.22. The van der Waals surface area contributed by atoms with E-state index in [2.05, 4.69) is 22.2 Å². The number of hydrogen-bond donors (Lipinski definition) is 0. The fourth-order valence-corrected chi connectivity index (χ4v) is 4.28. The summed E-state index contributed by atoms with van der Waals surface area (Å²) in [6, 6.07) is 15.3. The van der Waals surface area contributed by atoms with Crippen molar-refractivity contribution < 1.29 is 0 Å². The van der Waals surface area contributed by atoms with Crippen molar-refractivity contribution in [3.05, 3.63) is 63.4 Å². The summed E-state index contributed by atoms with van der Waals surface area (Å²) < 4.78 is 2.59. The van der Waals surface area contributed by atoms with E-state index in [-0.39, 0.29) is 5.56 Å². The number of nitrogens with zero attached hydrogens (tertiary/aromatic N) is 2. The van der Waals surface area contributed by atoms with Crippen LogP contribution in [0.2, 0.25) is 0 Å². The van der Waals surface area contributed by atoms with Crippen molar-refractivity contribution in [3.8, 4) is 5.69 Å². The van der Waals surface area contributed by atoms with Gasteiger partial charge in [-0.2, -0.15) is 11.8 Å². The lowest BCUT2D eigenvalue weighted by atomic mass is 10.2. The number of thioether (sulfide) groups is 2. The highest BCUT2D eigenvalue weighted by Crippen LogP contribution is 2.23. The second kappa shape index (κ2) is 7.55. The van der Waals surface area contributed by atoms with E-state index in [1.165, 1.54) is 0 Å². The summed E-state index contributed by atoms with van der Waals surface area (Å²) in [4.78, 5) is 17.7. The van der Waals surface area contributed by atoms with E-state index in [9.17, 15) is 4.79 Å². The fraction of sp³-hybridized carbons (Fsp3) is 0.176. The van der Waals surface area contributed by atoms with Crippen LogP contribution in [0.15, 0.2) is 63.0 Å². The summed E-state index contributed by atoms with van der Waals surface area (Å²) in [5.41, 5.74) is 1.55. The van der Waals surface area contributed by atoms with Crippen LogP contribution in [-0.2, 0) is 0 Å². The van der Waals surface area contributed by atoms with Gasteiger partial charge in [-0.3, -0.25) is 9.36 Å². The molecule has 0 bridgehead atoms. The average molecular weight is 407 g/mol. The normalized spacial score (nSPS) is 11.0. The summed E-state index contributed by atoms with van der Waals surface area (Å²) in [5, 5.41) is 1.36. The van der Waals surface area contributed by atoms with Crippen LogP contribution in [0.4, 0.5) is 0 Å². The minimum Gasteiger partial charge on any atom is -0.268 e. The van der Waals surface area contributed by atoms with Gasteiger partial charge >= 0.3 is 0 Å². The number of halogens is 1. The predicted octanol–water partition coefficient (Wildman–Crippen LogP) is 4.60. The number of hydrogen-bond acceptors (Lipinski definition) is 4. The Morgan fingerprint density at radius 1 is 1.13 bits per heavy atom. The SMILES string of the molecule is CSCCSc1nc2ccc(Br)cc2c(=O)n1-c1ccccc1. The molecule has 3 nitrogen and oxygen atoms in total. The maximum Gasteiger partial charge on any atom is 0.266 e. The largest absolute Gasteiger partial charge is 0.268 e. The van der Waals surface area contributed by atoms with E-state index in [1.54, 1.807) is 28.1 Å². The molecule has 2 aromatic carbocycles. The molecule has 1 heterocycles. The van der Waals surface area contributed by atoms with Gasteiger partial charge in [-0.1, -0.05) is 45.9 Å². The molecule has 3 rings (SSSR count). The molecule has 0 unspecified atom stereocenters. The highest BCUT2D eigenvalue weighted by atomic mass is 79.9. The van der Waals surface area contributed by atoms with Gasteiger partial charge in [0.05, 0.1) is 16.6 Å². The van der Waals surface area contributed by atoms with E-state index in [0.717, 1.165) is 32.3 Å². The topological polar surface area (TPSA) is 34.9 Å². The Bertz CT molecular complexity index is 881. The molecule has 0 amide bonds. The lowest BCUT2D eigenvalue weighted by Crippen LogP contribution is -2.21. The zero-order valence-corrected chi connectivity index (χ0v) is 15.7. The van der Waals surface area contributed by atoms with Crippen LogP contribution < -0.4 is 5.56 Å². The third kappa shape index (κ3) is 3.65. The van der Waals surface area contributed by atoms with Crippen LogP contribution in [0.25, 0.3) is 16.6 Å². The van der Waals surface area contributed by atoms with Crippen molar-refractivity contribution in [1.82, 2.24) is 9.55 Å². The molecule has 118 valence electrons. The first-order valence-corrected chi connectivity index (χ1v) is 10.3. The van der Waals surface area contributed by atoms with Gasteiger partial charge in [0.1, 0.15) is 0 Å². The molecule has 0 saturated heterocycles. The molecule has 0 aliphatic heterocycles. The van der Waals surface area contributed by atoms with Gasteiger partial charge in [-0.15, -0.1) is 0 Å². The lowest BCUT2D eigenvalue weighted by Gasteiger charge is -2.13. The van der Waals surface area contributed by atoms with Crippen molar-refractivity contribution in [1.29, 1.82) is 0 Å². The fourth-order valence-electron chi connectivity index (χ4n) is 2.26. The number of benzene rings is 2. The summed E-state index contributed by atoms with van der Waals surface area (Å²) in [6.45, 7) is 0. The van der Waals surface area contributed by atoms with Crippen molar-refractivity contribution in [2.75, 3.05) is 17.8 Å². The molecule has 23 heavy (non-hydrogen) atoms. The monoisotopic (exact) mass is 406 g/mol.